The predicted molar refractivity (Wildman–Crippen MR) is 92.3 cm³/mol. The summed E-state index contributed by atoms with van der Waals surface area (Å²) in [6, 6.07) is 13.9. The minimum Gasteiger partial charge on any atom is -0.420 e. The first-order valence-corrected chi connectivity index (χ1v) is 7.92. The van der Waals surface area contributed by atoms with Crippen molar-refractivity contribution in [3.8, 4) is 0 Å². The van der Waals surface area contributed by atoms with Crippen LogP contribution in [0.4, 0.5) is 5.69 Å². The van der Waals surface area contributed by atoms with Gasteiger partial charge in [-0.15, -0.1) is 0 Å². The molecule has 110 valence electrons. The van der Waals surface area contributed by atoms with Crippen molar-refractivity contribution in [2.45, 2.75) is 0 Å². The lowest BCUT2D eigenvalue weighted by molar-refractivity contribution is 0.102. The van der Waals surface area contributed by atoms with Crippen molar-refractivity contribution in [2.24, 2.45) is 0 Å². The van der Waals surface area contributed by atoms with Gasteiger partial charge in [0.2, 0.25) is 0 Å². The molecule has 6 heteroatoms. The van der Waals surface area contributed by atoms with Crippen molar-refractivity contribution >= 4 is 54.4 Å². The Bertz CT molecular complexity index is 920. The fourth-order valence-electron chi connectivity index (χ4n) is 2.03. The second-order valence-corrected chi connectivity index (χ2v) is 6.34. The summed E-state index contributed by atoms with van der Waals surface area (Å²) in [5.74, 6) is -0.360. The van der Waals surface area contributed by atoms with E-state index in [0.29, 0.717) is 21.0 Å². The summed E-state index contributed by atoms with van der Waals surface area (Å²) in [5, 5.41) is 3.28. The number of hydrogen-bond donors (Lipinski definition) is 1. The largest absolute Gasteiger partial charge is 0.420 e. The Balaban J connectivity index is 2.03. The lowest BCUT2D eigenvalue weighted by Gasteiger charge is -2.06. The van der Waals surface area contributed by atoms with Crippen LogP contribution in [0.3, 0.4) is 0 Å². The van der Waals surface area contributed by atoms with Gasteiger partial charge in [-0.3, -0.25) is 4.79 Å². The summed E-state index contributed by atoms with van der Waals surface area (Å²) < 4.78 is 6.77. The second kappa shape index (κ2) is 6.06. The van der Waals surface area contributed by atoms with Crippen LogP contribution in [-0.4, -0.2) is 5.91 Å². The van der Waals surface area contributed by atoms with Crippen LogP contribution in [0.1, 0.15) is 10.4 Å². The van der Waals surface area contributed by atoms with Gasteiger partial charge in [0, 0.05) is 15.4 Å². The quantitative estimate of drug-likeness (QED) is 0.615. The molecule has 0 bridgehead atoms. The van der Waals surface area contributed by atoms with Crippen LogP contribution in [0.25, 0.3) is 11.0 Å². The second-order valence-electron chi connectivity index (χ2n) is 4.57. The normalized spacial score (nSPS) is 10.6. The smallest absolute Gasteiger partial charge is 0.360 e. The molecule has 0 aliphatic rings. The number of nitrogens with one attached hydrogen (secondary N) is 1. The third-order valence-electron chi connectivity index (χ3n) is 3.04. The van der Waals surface area contributed by atoms with Crippen LogP contribution in [0.5, 0.6) is 0 Å². The van der Waals surface area contributed by atoms with Gasteiger partial charge in [-0.2, -0.15) is 0 Å². The first kappa shape index (κ1) is 15.0. The van der Waals surface area contributed by atoms with E-state index in [-0.39, 0.29) is 11.6 Å². The first-order chi connectivity index (χ1) is 10.5. The van der Waals surface area contributed by atoms with Gasteiger partial charge in [0.1, 0.15) is 5.69 Å². The zero-order valence-corrected chi connectivity index (χ0v) is 14.3. The summed E-state index contributed by atoms with van der Waals surface area (Å²) in [4.78, 5) is 24.1. The molecule has 2 aromatic carbocycles. The number of carbonyl (C=O) groups excluding carboxylic acids is 1. The van der Waals surface area contributed by atoms with E-state index in [1.54, 1.807) is 42.5 Å². The van der Waals surface area contributed by atoms with Crippen molar-refractivity contribution in [1.29, 1.82) is 0 Å². The maximum atomic E-state index is 12.1. The molecule has 0 aliphatic heterocycles. The average Bonchev–Trinajstić information content (AvgIpc) is 2.50. The van der Waals surface area contributed by atoms with E-state index in [4.69, 9.17) is 4.42 Å². The number of benzene rings is 2. The Labute approximate surface area is 142 Å². The van der Waals surface area contributed by atoms with Crippen LogP contribution in [0.2, 0.25) is 0 Å². The molecule has 0 saturated heterocycles. The van der Waals surface area contributed by atoms with Gasteiger partial charge < -0.3 is 9.73 Å². The molecule has 0 radical (unpaired) electrons. The molecule has 0 saturated carbocycles. The van der Waals surface area contributed by atoms with Gasteiger partial charge in [0.05, 0.1) is 4.47 Å². The minimum absolute atomic E-state index is 0.103. The highest BCUT2D eigenvalue weighted by Gasteiger charge is 2.12. The van der Waals surface area contributed by atoms with Gasteiger partial charge in [-0.05, 0) is 46.3 Å². The number of rotatable bonds is 2. The highest BCUT2D eigenvalue weighted by Crippen LogP contribution is 2.28. The van der Waals surface area contributed by atoms with Crippen molar-refractivity contribution in [3.05, 3.63) is 73.5 Å². The first-order valence-electron chi connectivity index (χ1n) is 6.34. The molecular formula is C16H9Br2NO3. The fourth-order valence-corrected chi connectivity index (χ4v) is 3.37. The zero-order valence-electron chi connectivity index (χ0n) is 11.1. The molecule has 0 unspecified atom stereocenters. The third-order valence-corrected chi connectivity index (χ3v) is 4.08. The van der Waals surface area contributed by atoms with Crippen LogP contribution in [0, 0.1) is 0 Å². The number of carbonyl (C=O) groups is 1. The summed E-state index contributed by atoms with van der Waals surface area (Å²) in [5.41, 5.74) is 0.412. The van der Waals surface area contributed by atoms with E-state index in [0.717, 1.165) is 4.47 Å². The standard InChI is InChI=1S/C16H9Br2NO3/c17-11-6-10-7-13(16(21)22-14(10)12(18)8-11)19-15(20)9-4-2-1-3-5-9/h1-8H,(H,19,20). The topological polar surface area (TPSA) is 59.3 Å². The lowest BCUT2D eigenvalue weighted by Crippen LogP contribution is -2.17. The molecule has 0 spiro atoms. The molecule has 1 heterocycles. The van der Waals surface area contributed by atoms with Gasteiger partial charge >= 0.3 is 5.63 Å². The SMILES string of the molecule is O=C(Nc1cc2cc(Br)cc(Br)c2oc1=O)c1ccccc1. The van der Waals surface area contributed by atoms with Crippen LogP contribution in [-0.2, 0) is 0 Å². The number of fused-ring (bicyclic) bond motifs is 1. The Hall–Kier alpha value is -1.92. The van der Waals surface area contributed by atoms with E-state index in [2.05, 4.69) is 37.2 Å². The molecule has 22 heavy (non-hydrogen) atoms. The molecule has 1 N–H and O–H groups in total. The summed E-state index contributed by atoms with van der Waals surface area (Å²) in [7, 11) is 0. The van der Waals surface area contributed by atoms with Crippen molar-refractivity contribution in [1.82, 2.24) is 0 Å². The third kappa shape index (κ3) is 2.98. The van der Waals surface area contributed by atoms with Gasteiger partial charge in [0.15, 0.2) is 5.58 Å². The minimum atomic E-state index is -0.597. The highest BCUT2D eigenvalue weighted by atomic mass is 79.9. The molecule has 0 atom stereocenters. The van der Waals surface area contributed by atoms with Crippen molar-refractivity contribution < 1.29 is 9.21 Å². The van der Waals surface area contributed by atoms with E-state index in [9.17, 15) is 9.59 Å². The summed E-state index contributed by atoms with van der Waals surface area (Å²) in [6.45, 7) is 0. The van der Waals surface area contributed by atoms with Crippen LogP contribution in [0.15, 0.2) is 66.7 Å². The van der Waals surface area contributed by atoms with Crippen molar-refractivity contribution in [3.63, 3.8) is 0 Å². The molecule has 3 rings (SSSR count). The maximum absolute atomic E-state index is 12.1. The monoisotopic (exact) mass is 421 g/mol. The Morgan fingerprint density at radius 3 is 2.50 bits per heavy atom. The van der Waals surface area contributed by atoms with Crippen molar-refractivity contribution in [2.75, 3.05) is 5.32 Å². The Kier molecular flexibility index (Phi) is 4.13. The summed E-state index contributed by atoms with van der Waals surface area (Å²) >= 11 is 6.72. The molecule has 0 fully saturated rings. The maximum Gasteiger partial charge on any atom is 0.360 e. The van der Waals surface area contributed by atoms with Crippen LogP contribution >= 0.6 is 31.9 Å². The van der Waals surface area contributed by atoms with E-state index in [1.807, 2.05) is 6.07 Å². The summed E-state index contributed by atoms with van der Waals surface area (Å²) in [6.07, 6.45) is 0. The molecule has 0 aliphatic carbocycles. The predicted octanol–water partition coefficient (Wildman–Crippen LogP) is 4.57. The van der Waals surface area contributed by atoms with Gasteiger partial charge in [-0.25, -0.2) is 4.79 Å². The number of hydrogen-bond acceptors (Lipinski definition) is 3. The molecule has 4 nitrogen and oxygen atoms in total. The van der Waals surface area contributed by atoms with Crippen LogP contribution < -0.4 is 10.9 Å². The molecule has 1 aromatic heterocycles. The van der Waals surface area contributed by atoms with E-state index >= 15 is 0 Å². The number of anilines is 1. The Morgan fingerprint density at radius 2 is 1.77 bits per heavy atom. The van der Waals surface area contributed by atoms with E-state index < -0.39 is 5.63 Å². The number of halogens is 2. The highest BCUT2D eigenvalue weighted by molar-refractivity contribution is 9.11. The van der Waals surface area contributed by atoms with Gasteiger partial charge in [0.25, 0.3) is 5.91 Å². The lowest BCUT2D eigenvalue weighted by atomic mass is 10.2. The Morgan fingerprint density at radius 1 is 1.05 bits per heavy atom. The van der Waals surface area contributed by atoms with E-state index in [1.165, 1.54) is 0 Å². The number of amides is 1. The molecule has 1 amide bonds. The molecular weight excluding hydrogens is 414 g/mol. The fraction of sp³-hybridized carbons (Fsp3) is 0. The van der Waals surface area contributed by atoms with Gasteiger partial charge in [-0.1, -0.05) is 34.1 Å². The average molecular weight is 423 g/mol. The molecule has 3 aromatic rings. The zero-order chi connectivity index (χ0) is 15.7.